The van der Waals surface area contributed by atoms with Crippen LogP contribution in [0, 0.1) is 0 Å². The number of hydrogen-bond donors (Lipinski definition) is 2. The number of amides is 1. The van der Waals surface area contributed by atoms with E-state index < -0.39 is 6.04 Å². The Hall–Kier alpha value is -1.46. The maximum atomic E-state index is 11.3. The number of hydrogen-bond acceptors (Lipinski definition) is 4. The maximum absolute atomic E-state index is 11.3. The molecule has 0 spiro atoms. The molecule has 1 atom stereocenters. The highest BCUT2D eigenvalue weighted by Crippen LogP contribution is 2.24. The lowest BCUT2D eigenvalue weighted by Crippen LogP contribution is -2.37. The van der Waals surface area contributed by atoms with E-state index in [1.165, 1.54) is 0 Å². The van der Waals surface area contributed by atoms with Crippen LogP contribution in [-0.2, 0) is 11.3 Å². The summed E-state index contributed by atoms with van der Waals surface area (Å²) < 4.78 is 10.3. The molecule has 0 heterocycles. The zero-order valence-electron chi connectivity index (χ0n) is 10.7. The summed E-state index contributed by atoms with van der Waals surface area (Å²) in [5.74, 6) is 1.20. The molecule has 0 fully saturated rings. The first-order chi connectivity index (χ1) is 8.08. The number of halogens is 1. The summed E-state index contributed by atoms with van der Waals surface area (Å²) in [5.41, 5.74) is 6.33. The zero-order valence-corrected chi connectivity index (χ0v) is 11.5. The van der Waals surface area contributed by atoms with Crippen LogP contribution in [0.3, 0.4) is 0 Å². The Morgan fingerprint density at radius 1 is 1.39 bits per heavy atom. The molecule has 102 valence electrons. The molecule has 0 bridgehead atoms. The van der Waals surface area contributed by atoms with Crippen molar-refractivity contribution in [2.24, 2.45) is 5.73 Å². The summed E-state index contributed by atoms with van der Waals surface area (Å²) in [6, 6.07) is 4.92. The van der Waals surface area contributed by atoms with Crippen molar-refractivity contribution >= 4 is 18.3 Å². The van der Waals surface area contributed by atoms with Crippen LogP contribution in [0.15, 0.2) is 18.2 Å². The van der Waals surface area contributed by atoms with Gasteiger partial charge >= 0.3 is 0 Å². The minimum atomic E-state index is -0.515. The zero-order chi connectivity index (χ0) is 12.8. The average Bonchev–Trinajstić information content (AvgIpc) is 2.35. The Bertz CT molecular complexity index is 397. The molecular formula is C12H19ClN2O3. The Labute approximate surface area is 113 Å². The molecule has 18 heavy (non-hydrogen) atoms. The van der Waals surface area contributed by atoms with Crippen molar-refractivity contribution in [3.63, 3.8) is 0 Å². The molecule has 0 aliphatic rings. The fraction of sp³-hybridized carbons (Fsp3) is 0.417. The lowest BCUT2D eigenvalue weighted by molar-refractivity contribution is -0.122. The molecule has 0 aliphatic carbocycles. The summed E-state index contributed by atoms with van der Waals surface area (Å²) in [4.78, 5) is 11.3. The van der Waals surface area contributed by atoms with Crippen LogP contribution in [0.2, 0.25) is 0 Å². The molecule has 0 saturated carbocycles. The quantitative estimate of drug-likeness (QED) is 0.843. The topological polar surface area (TPSA) is 73.6 Å². The van der Waals surface area contributed by atoms with Crippen LogP contribution in [0.1, 0.15) is 12.5 Å². The number of nitrogens with two attached hydrogens (primary N) is 1. The van der Waals surface area contributed by atoms with Gasteiger partial charge < -0.3 is 20.5 Å². The predicted octanol–water partition coefficient (Wildman–Crippen LogP) is 1.09. The third kappa shape index (κ3) is 4.43. The van der Waals surface area contributed by atoms with Gasteiger partial charge in [0.2, 0.25) is 5.91 Å². The van der Waals surface area contributed by atoms with E-state index >= 15 is 0 Å². The summed E-state index contributed by atoms with van der Waals surface area (Å²) in [6.07, 6.45) is 0. The second-order valence-corrected chi connectivity index (χ2v) is 3.68. The van der Waals surface area contributed by atoms with Gasteiger partial charge in [-0.15, -0.1) is 12.4 Å². The fourth-order valence-corrected chi connectivity index (χ4v) is 1.34. The maximum Gasteiger partial charge on any atom is 0.236 e. The number of carbonyl (C=O) groups excluding carboxylic acids is 1. The van der Waals surface area contributed by atoms with Crippen LogP contribution in [0.5, 0.6) is 11.5 Å². The second kappa shape index (κ2) is 7.79. The molecule has 1 amide bonds. The lowest BCUT2D eigenvalue weighted by atomic mass is 10.2. The van der Waals surface area contributed by atoms with Gasteiger partial charge in [-0.2, -0.15) is 0 Å². The van der Waals surface area contributed by atoms with Gasteiger partial charge in [-0.1, -0.05) is 0 Å². The van der Waals surface area contributed by atoms with Gasteiger partial charge in [0.05, 0.1) is 20.3 Å². The monoisotopic (exact) mass is 274 g/mol. The molecule has 6 heteroatoms. The van der Waals surface area contributed by atoms with E-state index in [0.717, 1.165) is 5.56 Å². The first kappa shape index (κ1) is 16.5. The van der Waals surface area contributed by atoms with E-state index in [1.54, 1.807) is 27.2 Å². The molecule has 0 saturated heterocycles. The van der Waals surface area contributed by atoms with Crippen LogP contribution >= 0.6 is 12.4 Å². The van der Waals surface area contributed by atoms with Gasteiger partial charge in [-0.3, -0.25) is 4.79 Å². The van der Waals surface area contributed by atoms with Crippen LogP contribution in [0.4, 0.5) is 0 Å². The van der Waals surface area contributed by atoms with Crippen molar-refractivity contribution in [3.05, 3.63) is 23.8 Å². The minimum absolute atomic E-state index is 0. The molecule has 5 nitrogen and oxygen atoms in total. The van der Waals surface area contributed by atoms with E-state index in [0.29, 0.717) is 18.0 Å². The van der Waals surface area contributed by atoms with Crippen molar-refractivity contribution in [3.8, 4) is 11.5 Å². The third-order valence-electron chi connectivity index (χ3n) is 2.36. The number of benzene rings is 1. The fourth-order valence-electron chi connectivity index (χ4n) is 1.34. The number of nitrogens with one attached hydrogen (secondary N) is 1. The van der Waals surface area contributed by atoms with Gasteiger partial charge in [-0.05, 0) is 19.1 Å². The molecule has 3 N–H and O–H groups in total. The van der Waals surface area contributed by atoms with Crippen molar-refractivity contribution in [2.45, 2.75) is 19.5 Å². The van der Waals surface area contributed by atoms with Crippen LogP contribution < -0.4 is 20.5 Å². The summed E-state index contributed by atoms with van der Waals surface area (Å²) in [6.45, 7) is 2.02. The van der Waals surface area contributed by atoms with E-state index in [2.05, 4.69) is 5.32 Å². The molecule has 0 aromatic heterocycles. The molecular weight excluding hydrogens is 256 g/mol. The lowest BCUT2D eigenvalue weighted by Gasteiger charge is -2.12. The molecule has 1 rings (SSSR count). The van der Waals surface area contributed by atoms with E-state index in [1.807, 2.05) is 12.1 Å². The Balaban J connectivity index is 0.00000289. The Morgan fingerprint density at radius 2 is 2.06 bits per heavy atom. The normalized spacial score (nSPS) is 11.1. The molecule has 0 aliphatic heterocycles. The average molecular weight is 275 g/mol. The standard InChI is InChI=1S/C12H18N2O3.ClH/c1-8(13)12(15)14-7-9-4-5-10(16-2)6-11(9)17-3;/h4-6,8H,7,13H2,1-3H3,(H,14,15);1H. The SMILES string of the molecule is COc1ccc(CNC(=O)C(C)N)c(OC)c1.Cl. The number of carbonyl (C=O) groups is 1. The summed E-state index contributed by atoms with van der Waals surface area (Å²) in [5, 5.41) is 2.73. The van der Waals surface area contributed by atoms with E-state index in [9.17, 15) is 4.79 Å². The highest BCUT2D eigenvalue weighted by molar-refractivity contribution is 5.85. The Kier molecular flexibility index (Phi) is 7.16. The largest absolute Gasteiger partial charge is 0.497 e. The van der Waals surface area contributed by atoms with E-state index in [4.69, 9.17) is 15.2 Å². The van der Waals surface area contributed by atoms with Crippen molar-refractivity contribution in [2.75, 3.05) is 14.2 Å². The molecule has 0 radical (unpaired) electrons. The summed E-state index contributed by atoms with van der Waals surface area (Å²) >= 11 is 0. The van der Waals surface area contributed by atoms with Gasteiger partial charge in [0.15, 0.2) is 0 Å². The van der Waals surface area contributed by atoms with Crippen molar-refractivity contribution in [1.29, 1.82) is 0 Å². The van der Waals surface area contributed by atoms with Gasteiger partial charge in [0.1, 0.15) is 11.5 Å². The minimum Gasteiger partial charge on any atom is -0.497 e. The van der Waals surface area contributed by atoms with E-state index in [-0.39, 0.29) is 18.3 Å². The highest BCUT2D eigenvalue weighted by Gasteiger charge is 2.09. The van der Waals surface area contributed by atoms with Crippen molar-refractivity contribution in [1.82, 2.24) is 5.32 Å². The molecule has 1 aromatic rings. The smallest absolute Gasteiger partial charge is 0.236 e. The predicted molar refractivity (Wildman–Crippen MR) is 72.3 cm³/mol. The first-order valence-corrected chi connectivity index (χ1v) is 5.32. The number of methoxy groups -OCH3 is 2. The van der Waals surface area contributed by atoms with Gasteiger partial charge in [-0.25, -0.2) is 0 Å². The first-order valence-electron chi connectivity index (χ1n) is 5.32. The second-order valence-electron chi connectivity index (χ2n) is 3.68. The van der Waals surface area contributed by atoms with Crippen LogP contribution in [-0.4, -0.2) is 26.2 Å². The van der Waals surface area contributed by atoms with Gasteiger partial charge in [0.25, 0.3) is 0 Å². The third-order valence-corrected chi connectivity index (χ3v) is 2.36. The number of rotatable bonds is 5. The highest BCUT2D eigenvalue weighted by atomic mass is 35.5. The van der Waals surface area contributed by atoms with Gasteiger partial charge in [0, 0.05) is 18.2 Å². The molecule has 1 aromatic carbocycles. The molecule has 1 unspecified atom stereocenters. The number of ether oxygens (including phenoxy) is 2. The van der Waals surface area contributed by atoms with Crippen molar-refractivity contribution < 1.29 is 14.3 Å². The summed E-state index contributed by atoms with van der Waals surface area (Å²) in [7, 11) is 3.16. The Morgan fingerprint density at radius 3 is 2.56 bits per heavy atom. The van der Waals surface area contributed by atoms with Crippen LogP contribution in [0.25, 0.3) is 0 Å².